The van der Waals surface area contributed by atoms with Gasteiger partial charge in [0.05, 0.1) is 15.7 Å². The number of rotatable bonds is 3. The van der Waals surface area contributed by atoms with E-state index >= 15 is 0 Å². The molecule has 0 radical (unpaired) electrons. The number of aryl methyl sites for hydroxylation is 1. The Bertz CT molecular complexity index is 1090. The van der Waals surface area contributed by atoms with E-state index in [1.54, 1.807) is 28.9 Å². The molecule has 4 rings (SSSR count). The van der Waals surface area contributed by atoms with Crippen LogP contribution in [0.4, 0.5) is 11.8 Å². The Morgan fingerprint density at radius 3 is 2.72 bits per heavy atom. The second kappa shape index (κ2) is 6.22. The van der Waals surface area contributed by atoms with E-state index in [-0.39, 0.29) is 0 Å². The van der Waals surface area contributed by atoms with Crippen molar-refractivity contribution in [3.05, 3.63) is 57.3 Å². The van der Waals surface area contributed by atoms with Gasteiger partial charge in [-0.25, -0.2) is 4.98 Å². The number of aromatic nitrogens is 4. The molecule has 4 aromatic rings. The number of oxazole rings is 1. The number of benzene rings is 1. The Morgan fingerprint density at radius 2 is 1.92 bits per heavy atom. The van der Waals surface area contributed by atoms with Crippen molar-refractivity contribution in [1.29, 1.82) is 0 Å². The summed E-state index contributed by atoms with van der Waals surface area (Å²) in [5, 5.41) is 8.91. The number of halogens is 3. The van der Waals surface area contributed by atoms with E-state index in [0.29, 0.717) is 43.8 Å². The van der Waals surface area contributed by atoms with Gasteiger partial charge in [0.1, 0.15) is 11.3 Å². The van der Waals surface area contributed by atoms with Gasteiger partial charge in [-0.1, -0.05) is 34.8 Å². The summed E-state index contributed by atoms with van der Waals surface area (Å²) in [7, 11) is 0. The van der Waals surface area contributed by atoms with Gasteiger partial charge >= 0.3 is 6.01 Å². The molecule has 0 bridgehead atoms. The van der Waals surface area contributed by atoms with Crippen LogP contribution in [-0.2, 0) is 0 Å². The fraction of sp³-hybridized carbons (Fsp3) is 0.0625. The molecule has 0 saturated carbocycles. The van der Waals surface area contributed by atoms with Crippen LogP contribution in [0.2, 0.25) is 15.1 Å². The first-order valence-electron chi connectivity index (χ1n) is 7.21. The zero-order valence-corrected chi connectivity index (χ0v) is 15.1. The fourth-order valence-electron chi connectivity index (χ4n) is 2.38. The second-order valence-corrected chi connectivity index (χ2v) is 6.58. The molecule has 126 valence electrons. The molecule has 0 amide bonds. The molecule has 0 aliphatic heterocycles. The van der Waals surface area contributed by atoms with Gasteiger partial charge in [-0.15, -0.1) is 0 Å². The Morgan fingerprint density at radius 1 is 1.08 bits per heavy atom. The number of fused-ring (bicyclic) bond motifs is 1. The monoisotopic (exact) mass is 393 g/mol. The molecule has 0 aliphatic carbocycles. The maximum atomic E-state index is 6.24. The van der Waals surface area contributed by atoms with Crippen LogP contribution in [0.25, 0.3) is 16.9 Å². The first-order chi connectivity index (χ1) is 12.0. The number of nitrogens with zero attached hydrogens (tertiary/aromatic N) is 4. The van der Waals surface area contributed by atoms with Gasteiger partial charge in [0.15, 0.2) is 11.4 Å². The topological polar surface area (TPSA) is 68.8 Å². The van der Waals surface area contributed by atoms with Crippen LogP contribution in [0.15, 0.2) is 40.9 Å². The standard InChI is InChI=1S/C16H10Cl3N5O/c1-8-4-14(24(23-8)15-11(19)5-10(18)7-20-15)22-16-21-12-6-9(17)2-3-13(12)25-16/h2-7H,1H3,(H,21,22). The van der Waals surface area contributed by atoms with E-state index in [0.717, 1.165) is 5.69 Å². The summed E-state index contributed by atoms with van der Waals surface area (Å²) in [4.78, 5) is 8.62. The molecule has 3 aromatic heterocycles. The van der Waals surface area contributed by atoms with Crippen molar-refractivity contribution in [1.82, 2.24) is 19.7 Å². The predicted octanol–water partition coefficient (Wildman–Crippen LogP) is 5.42. The Balaban J connectivity index is 1.75. The van der Waals surface area contributed by atoms with E-state index in [4.69, 9.17) is 39.2 Å². The molecule has 1 aromatic carbocycles. The quantitative estimate of drug-likeness (QED) is 0.502. The van der Waals surface area contributed by atoms with E-state index in [1.807, 2.05) is 13.0 Å². The van der Waals surface area contributed by atoms with Crippen LogP contribution < -0.4 is 5.32 Å². The number of nitrogens with one attached hydrogen (secondary N) is 1. The van der Waals surface area contributed by atoms with Crippen molar-refractivity contribution in [2.45, 2.75) is 6.92 Å². The Kier molecular flexibility index (Phi) is 4.03. The molecule has 1 N–H and O–H groups in total. The van der Waals surface area contributed by atoms with Crippen LogP contribution in [-0.4, -0.2) is 19.7 Å². The average Bonchev–Trinajstić information content (AvgIpc) is 3.10. The molecule has 3 heterocycles. The first kappa shape index (κ1) is 16.2. The molecule has 0 spiro atoms. The van der Waals surface area contributed by atoms with Gasteiger partial charge in [0.25, 0.3) is 0 Å². The third-order valence-corrected chi connectivity index (χ3v) is 4.13. The van der Waals surface area contributed by atoms with Crippen molar-refractivity contribution in [2.75, 3.05) is 5.32 Å². The number of hydrogen-bond acceptors (Lipinski definition) is 5. The first-order valence-corrected chi connectivity index (χ1v) is 8.34. The summed E-state index contributed by atoms with van der Waals surface area (Å²) in [6.45, 7) is 1.86. The van der Waals surface area contributed by atoms with Crippen LogP contribution in [0.3, 0.4) is 0 Å². The Hall–Kier alpha value is -2.28. The lowest BCUT2D eigenvalue weighted by Crippen LogP contribution is -2.05. The third-order valence-electron chi connectivity index (χ3n) is 3.41. The highest BCUT2D eigenvalue weighted by molar-refractivity contribution is 6.35. The van der Waals surface area contributed by atoms with E-state index in [1.165, 1.54) is 6.20 Å². The van der Waals surface area contributed by atoms with Crippen molar-refractivity contribution < 1.29 is 4.42 Å². The third kappa shape index (κ3) is 3.16. The average molecular weight is 395 g/mol. The summed E-state index contributed by atoms with van der Waals surface area (Å²) in [5.41, 5.74) is 2.05. The predicted molar refractivity (Wildman–Crippen MR) is 98.4 cm³/mol. The SMILES string of the molecule is Cc1cc(Nc2nc3cc(Cl)ccc3o2)n(-c2ncc(Cl)cc2Cl)n1. The number of anilines is 2. The highest BCUT2D eigenvalue weighted by atomic mass is 35.5. The molecule has 0 fully saturated rings. The van der Waals surface area contributed by atoms with Crippen molar-refractivity contribution in [2.24, 2.45) is 0 Å². The largest absolute Gasteiger partial charge is 0.423 e. The normalized spacial score (nSPS) is 11.2. The molecule has 25 heavy (non-hydrogen) atoms. The second-order valence-electron chi connectivity index (χ2n) is 5.30. The van der Waals surface area contributed by atoms with Crippen LogP contribution in [0.1, 0.15) is 5.69 Å². The summed E-state index contributed by atoms with van der Waals surface area (Å²) >= 11 is 18.1. The highest BCUT2D eigenvalue weighted by Crippen LogP contribution is 2.28. The summed E-state index contributed by atoms with van der Waals surface area (Å²) in [6.07, 6.45) is 1.50. The molecule has 0 unspecified atom stereocenters. The Labute approximate surface area is 157 Å². The van der Waals surface area contributed by atoms with Gasteiger partial charge in [-0.3, -0.25) is 5.32 Å². The molecular weight excluding hydrogens is 385 g/mol. The van der Waals surface area contributed by atoms with Crippen LogP contribution >= 0.6 is 34.8 Å². The van der Waals surface area contributed by atoms with Gasteiger partial charge in [0.2, 0.25) is 0 Å². The smallest absolute Gasteiger partial charge is 0.301 e. The molecule has 6 nitrogen and oxygen atoms in total. The lowest BCUT2D eigenvalue weighted by molar-refractivity contribution is 0.621. The lowest BCUT2D eigenvalue weighted by Gasteiger charge is -2.08. The molecule has 9 heteroatoms. The molecule has 0 atom stereocenters. The minimum absolute atomic E-state index is 0.309. The van der Waals surface area contributed by atoms with E-state index < -0.39 is 0 Å². The summed E-state index contributed by atoms with van der Waals surface area (Å²) < 4.78 is 7.25. The zero-order chi connectivity index (χ0) is 17.6. The zero-order valence-electron chi connectivity index (χ0n) is 12.8. The summed E-state index contributed by atoms with van der Waals surface area (Å²) in [6, 6.07) is 8.97. The van der Waals surface area contributed by atoms with Crippen LogP contribution in [0.5, 0.6) is 0 Å². The van der Waals surface area contributed by atoms with Crippen molar-refractivity contribution in [3.63, 3.8) is 0 Å². The van der Waals surface area contributed by atoms with E-state index in [2.05, 4.69) is 20.4 Å². The minimum Gasteiger partial charge on any atom is -0.423 e. The molecular formula is C16H10Cl3N5O. The minimum atomic E-state index is 0.309. The number of pyridine rings is 1. The van der Waals surface area contributed by atoms with Gasteiger partial charge in [-0.2, -0.15) is 14.8 Å². The molecule has 0 saturated heterocycles. The van der Waals surface area contributed by atoms with Gasteiger partial charge in [-0.05, 0) is 31.2 Å². The number of hydrogen-bond donors (Lipinski definition) is 1. The maximum Gasteiger partial charge on any atom is 0.301 e. The maximum absolute atomic E-state index is 6.24. The van der Waals surface area contributed by atoms with Gasteiger partial charge in [0, 0.05) is 17.3 Å². The highest BCUT2D eigenvalue weighted by Gasteiger charge is 2.15. The van der Waals surface area contributed by atoms with Crippen molar-refractivity contribution >= 4 is 57.7 Å². The fourth-order valence-corrected chi connectivity index (χ4v) is 3.00. The van der Waals surface area contributed by atoms with Crippen molar-refractivity contribution in [3.8, 4) is 5.82 Å². The lowest BCUT2D eigenvalue weighted by atomic mass is 10.3. The van der Waals surface area contributed by atoms with E-state index in [9.17, 15) is 0 Å². The summed E-state index contributed by atoms with van der Waals surface area (Å²) in [5.74, 6) is 1.05. The van der Waals surface area contributed by atoms with Gasteiger partial charge < -0.3 is 4.42 Å². The molecule has 0 aliphatic rings. The van der Waals surface area contributed by atoms with Crippen LogP contribution in [0, 0.1) is 6.92 Å².